The van der Waals surface area contributed by atoms with Crippen molar-refractivity contribution < 1.29 is 0 Å². The summed E-state index contributed by atoms with van der Waals surface area (Å²) in [7, 11) is 0. The second kappa shape index (κ2) is 17.4. The van der Waals surface area contributed by atoms with E-state index in [2.05, 4.69) is 129 Å². The van der Waals surface area contributed by atoms with Crippen LogP contribution in [0.2, 0.25) is 0 Å². The maximum absolute atomic E-state index is 2.54. The number of nitrogens with zero attached hydrogens (tertiary/aromatic N) is 3. The monoisotopic (exact) mass is 603 g/mol. The molecule has 3 nitrogen and oxygen atoms in total. The first-order chi connectivity index (χ1) is 19.6. The van der Waals surface area contributed by atoms with Gasteiger partial charge in [0.25, 0.3) is 0 Å². The Morgan fingerprint density at radius 1 is 0.350 bits per heavy atom. The number of hydrogen-bond donors (Lipinski definition) is 0. The molecule has 0 unspecified atom stereocenters. The first-order valence-electron chi connectivity index (χ1n) is 15.9. The Morgan fingerprint density at radius 2 is 0.550 bits per heavy atom. The Labute approximate surface area is 250 Å². The quantitative estimate of drug-likeness (QED) is 0.144. The Balaban J connectivity index is 2.00. The van der Waals surface area contributed by atoms with E-state index in [1.807, 2.05) is 0 Å². The van der Waals surface area contributed by atoms with Crippen molar-refractivity contribution in [2.45, 2.75) is 80.1 Å². The summed E-state index contributed by atoms with van der Waals surface area (Å²) in [4.78, 5) is 7.62. The van der Waals surface area contributed by atoms with Gasteiger partial charge >= 0.3 is 252 Å². The summed E-state index contributed by atoms with van der Waals surface area (Å²) in [6.45, 7) is 20.4. The van der Waals surface area contributed by atoms with Gasteiger partial charge in [-0.1, -0.05) is 0 Å². The van der Waals surface area contributed by atoms with E-state index in [-0.39, 0.29) is 0 Å². The van der Waals surface area contributed by atoms with Crippen LogP contribution in [0.15, 0.2) is 72.8 Å². The first kappa shape index (κ1) is 32.1. The fraction of sp³-hybridized carbons (Fsp3) is 0.500. The molecule has 218 valence electrons. The van der Waals surface area contributed by atoms with E-state index >= 15 is 0 Å². The fourth-order valence-corrected chi connectivity index (χ4v) is 10.3. The van der Waals surface area contributed by atoms with Crippen molar-refractivity contribution in [3.05, 3.63) is 72.8 Å². The summed E-state index contributed by atoms with van der Waals surface area (Å²) in [6, 6.07) is 28.8. The van der Waals surface area contributed by atoms with Gasteiger partial charge in [0.15, 0.2) is 0 Å². The van der Waals surface area contributed by atoms with E-state index in [1.165, 1.54) is 68.6 Å². The molecular weight excluding hydrogens is 549 g/mol. The summed E-state index contributed by atoms with van der Waals surface area (Å²) in [5.74, 6) is 0. The van der Waals surface area contributed by atoms with Crippen LogP contribution in [0.4, 0.5) is 17.1 Å². The minimum atomic E-state index is -1.71. The van der Waals surface area contributed by atoms with Crippen molar-refractivity contribution in [3.8, 4) is 0 Å². The second-order valence-corrected chi connectivity index (χ2v) is 15.5. The van der Waals surface area contributed by atoms with Gasteiger partial charge in [0.05, 0.1) is 0 Å². The molecule has 0 spiro atoms. The third kappa shape index (κ3) is 8.81. The van der Waals surface area contributed by atoms with E-state index in [9.17, 15) is 0 Å². The van der Waals surface area contributed by atoms with Gasteiger partial charge in [-0.05, 0) is 0 Å². The van der Waals surface area contributed by atoms with E-state index in [0.29, 0.717) is 0 Å². The molecule has 0 aliphatic rings. The van der Waals surface area contributed by atoms with Crippen molar-refractivity contribution in [2.24, 2.45) is 0 Å². The molecule has 0 aliphatic heterocycles. The van der Waals surface area contributed by atoms with Crippen LogP contribution >= 0.6 is 0 Å². The van der Waals surface area contributed by atoms with Gasteiger partial charge in [-0.25, -0.2) is 0 Å². The van der Waals surface area contributed by atoms with Crippen molar-refractivity contribution in [1.82, 2.24) is 0 Å². The standard InChI is InChI=1S/C36H54AsN3/c1-7-25-38(26-8-2)34-19-13-31(14-20-34)37(32-15-21-35(22-16-32)39(27-9-3)28-10-4)33-17-23-36(24-18-33)40(29-11-5)30-12-6/h13-24H,7-12,25-30H2,1-6H3. The van der Waals surface area contributed by atoms with Crippen LogP contribution in [0.25, 0.3) is 0 Å². The molecule has 0 N–H and O–H groups in total. The number of hydrogen-bond acceptors (Lipinski definition) is 3. The van der Waals surface area contributed by atoms with Gasteiger partial charge < -0.3 is 0 Å². The van der Waals surface area contributed by atoms with Gasteiger partial charge in [-0.2, -0.15) is 0 Å². The summed E-state index contributed by atoms with van der Waals surface area (Å²) in [5, 5.41) is 0. The van der Waals surface area contributed by atoms with Crippen LogP contribution in [-0.4, -0.2) is 53.9 Å². The molecule has 0 aromatic heterocycles. The normalized spacial score (nSPS) is 11.2. The molecule has 3 aromatic rings. The van der Waals surface area contributed by atoms with Crippen LogP contribution in [-0.2, 0) is 0 Å². The van der Waals surface area contributed by atoms with Gasteiger partial charge in [0.1, 0.15) is 0 Å². The van der Waals surface area contributed by atoms with Crippen LogP contribution in [0.3, 0.4) is 0 Å². The van der Waals surface area contributed by atoms with E-state index in [0.717, 1.165) is 39.3 Å². The number of rotatable bonds is 18. The molecule has 0 amide bonds. The summed E-state index contributed by atoms with van der Waals surface area (Å²) < 4.78 is 4.51. The van der Waals surface area contributed by atoms with Gasteiger partial charge in [-0.3, -0.25) is 0 Å². The van der Waals surface area contributed by atoms with Crippen molar-refractivity contribution in [3.63, 3.8) is 0 Å². The van der Waals surface area contributed by atoms with Crippen LogP contribution in [0.5, 0.6) is 0 Å². The Bertz CT molecular complexity index is 919. The van der Waals surface area contributed by atoms with Crippen molar-refractivity contribution in [1.29, 1.82) is 0 Å². The predicted octanol–water partition coefficient (Wildman–Crippen LogP) is 7.08. The third-order valence-corrected chi connectivity index (χ3v) is 12.5. The average molecular weight is 604 g/mol. The van der Waals surface area contributed by atoms with Crippen LogP contribution < -0.4 is 27.8 Å². The van der Waals surface area contributed by atoms with Gasteiger partial charge in [0, 0.05) is 0 Å². The molecular formula is C36H54AsN3. The Morgan fingerprint density at radius 3 is 0.725 bits per heavy atom. The van der Waals surface area contributed by atoms with E-state index in [1.54, 1.807) is 0 Å². The second-order valence-electron chi connectivity index (χ2n) is 10.8. The minimum absolute atomic E-state index is 1.12. The molecule has 40 heavy (non-hydrogen) atoms. The van der Waals surface area contributed by atoms with Crippen LogP contribution in [0.1, 0.15) is 80.1 Å². The maximum atomic E-state index is 2.54. The molecule has 0 aliphatic carbocycles. The summed E-state index contributed by atoms with van der Waals surface area (Å²) >= 11 is -1.71. The third-order valence-electron chi connectivity index (χ3n) is 7.38. The SMILES string of the molecule is CCCN(CCC)c1ccc([As](c2ccc(N(CCC)CCC)cc2)c2ccc(N(CCC)CCC)cc2)cc1. The zero-order chi connectivity index (χ0) is 28.7. The van der Waals surface area contributed by atoms with Crippen LogP contribution in [0, 0.1) is 0 Å². The molecule has 4 heteroatoms. The zero-order valence-corrected chi connectivity index (χ0v) is 28.1. The van der Waals surface area contributed by atoms with E-state index < -0.39 is 14.7 Å². The van der Waals surface area contributed by atoms with Gasteiger partial charge in [0.2, 0.25) is 0 Å². The fourth-order valence-electron chi connectivity index (χ4n) is 5.61. The molecule has 0 saturated heterocycles. The topological polar surface area (TPSA) is 9.72 Å². The predicted molar refractivity (Wildman–Crippen MR) is 182 cm³/mol. The molecule has 0 heterocycles. The Kier molecular flexibility index (Phi) is 14.0. The van der Waals surface area contributed by atoms with Crippen molar-refractivity contribution >= 4 is 44.8 Å². The molecule has 0 radical (unpaired) electrons. The molecule has 3 aromatic carbocycles. The Hall–Kier alpha value is -2.38. The summed E-state index contributed by atoms with van der Waals surface area (Å²) in [5.41, 5.74) is 4.07. The molecule has 0 fully saturated rings. The molecule has 3 rings (SSSR count). The zero-order valence-electron chi connectivity index (χ0n) is 26.2. The van der Waals surface area contributed by atoms with Gasteiger partial charge in [-0.15, -0.1) is 0 Å². The van der Waals surface area contributed by atoms with Crippen molar-refractivity contribution in [2.75, 3.05) is 54.0 Å². The summed E-state index contributed by atoms with van der Waals surface area (Å²) in [6.07, 6.45) is 7.07. The molecule has 0 saturated carbocycles. The van der Waals surface area contributed by atoms with E-state index in [4.69, 9.17) is 0 Å². The first-order valence-corrected chi connectivity index (χ1v) is 18.8. The molecule has 0 bridgehead atoms. The average Bonchev–Trinajstić information content (AvgIpc) is 2.98. The number of benzene rings is 3. The number of anilines is 3. The molecule has 0 atom stereocenters.